The van der Waals surface area contributed by atoms with E-state index in [2.05, 4.69) is 38.3 Å². The van der Waals surface area contributed by atoms with Crippen LogP contribution < -0.4 is 5.32 Å². The third kappa shape index (κ3) is 5.15. The minimum Gasteiger partial charge on any atom is -0.347 e. The second kappa shape index (κ2) is 8.97. The second-order valence-electron chi connectivity index (χ2n) is 7.01. The Morgan fingerprint density at radius 1 is 1.00 bits per heavy atom. The number of hydrogen-bond donors (Lipinski definition) is 1. The van der Waals surface area contributed by atoms with Crippen molar-refractivity contribution < 1.29 is 14.3 Å². The molecular formula is C21H23BrN2O3S. The van der Waals surface area contributed by atoms with Crippen molar-refractivity contribution in [3.05, 3.63) is 53.0 Å². The van der Waals surface area contributed by atoms with Crippen LogP contribution >= 0.6 is 27.7 Å². The highest BCUT2D eigenvalue weighted by molar-refractivity contribution is 9.10. The van der Waals surface area contributed by atoms with Gasteiger partial charge in [0.05, 0.1) is 19.8 Å². The molecule has 4 rings (SSSR count). The van der Waals surface area contributed by atoms with Crippen molar-refractivity contribution in [2.24, 2.45) is 0 Å². The maximum Gasteiger partial charge on any atom is 0.238 e. The molecule has 2 aromatic rings. The largest absolute Gasteiger partial charge is 0.347 e. The van der Waals surface area contributed by atoms with Crippen LogP contribution in [-0.4, -0.2) is 49.4 Å². The number of ether oxygens (including phenoxy) is 2. The third-order valence-electron chi connectivity index (χ3n) is 4.99. The average molecular weight is 463 g/mol. The quantitative estimate of drug-likeness (QED) is 0.714. The van der Waals surface area contributed by atoms with Crippen LogP contribution in [0.2, 0.25) is 0 Å². The average Bonchev–Trinajstić information content (AvgIpc) is 3.15. The number of hydrogen-bond acceptors (Lipinski definition) is 5. The highest BCUT2D eigenvalue weighted by Gasteiger charge is 2.39. The third-order valence-corrected chi connectivity index (χ3v) is 6.53. The van der Waals surface area contributed by atoms with Crippen molar-refractivity contribution in [3.63, 3.8) is 0 Å². The molecule has 1 N–H and O–H groups in total. The van der Waals surface area contributed by atoms with Gasteiger partial charge in [-0.25, -0.2) is 0 Å². The maximum atomic E-state index is 12.4. The molecule has 1 spiro atoms. The van der Waals surface area contributed by atoms with Crippen LogP contribution in [0.4, 0.5) is 5.69 Å². The Bertz CT molecular complexity index is 797. The summed E-state index contributed by atoms with van der Waals surface area (Å²) in [6, 6.07) is 16.2. The first-order valence-corrected chi connectivity index (χ1v) is 11.0. The molecule has 0 unspecified atom stereocenters. The van der Waals surface area contributed by atoms with Crippen molar-refractivity contribution in [2.45, 2.75) is 28.4 Å². The number of carbonyl (C=O) groups is 1. The molecule has 0 saturated carbocycles. The molecule has 2 aromatic carbocycles. The standard InChI is InChI=1S/C21H23BrN2O3S/c22-16-1-5-18(6-2-16)28-19-7-3-17(4-8-19)23-20(25)15-24-11-9-21(10-12-24)26-13-14-27-21/h1-8H,9-15H2,(H,23,25). The van der Waals surface area contributed by atoms with E-state index in [0.29, 0.717) is 19.8 Å². The topological polar surface area (TPSA) is 50.8 Å². The molecule has 28 heavy (non-hydrogen) atoms. The number of benzene rings is 2. The molecule has 1 amide bonds. The number of piperidine rings is 1. The Kier molecular flexibility index (Phi) is 6.38. The van der Waals surface area contributed by atoms with E-state index in [0.717, 1.165) is 41.0 Å². The van der Waals surface area contributed by atoms with E-state index in [-0.39, 0.29) is 5.91 Å². The molecule has 7 heteroatoms. The van der Waals surface area contributed by atoms with Crippen LogP contribution in [0.5, 0.6) is 0 Å². The molecule has 5 nitrogen and oxygen atoms in total. The molecule has 2 aliphatic rings. The Morgan fingerprint density at radius 3 is 2.18 bits per heavy atom. The van der Waals surface area contributed by atoms with Gasteiger partial charge in [0.1, 0.15) is 0 Å². The SMILES string of the molecule is O=C(CN1CCC2(CC1)OCCO2)Nc1ccc(Sc2ccc(Br)cc2)cc1. The van der Waals surface area contributed by atoms with Gasteiger partial charge in [0, 0.05) is 45.9 Å². The molecular weight excluding hydrogens is 440 g/mol. The lowest BCUT2D eigenvalue weighted by molar-refractivity contribution is -0.185. The normalized spacial score (nSPS) is 19.0. The van der Waals surface area contributed by atoms with Crippen molar-refractivity contribution in [1.29, 1.82) is 0 Å². The fourth-order valence-electron chi connectivity index (χ4n) is 3.49. The Hall–Kier alpha value is -1.38. The summed E-state index contributed by atoms with van der Waals surface area (Å²) in [7, 11) is 0. The van der Waals surface area contributed by atoms with Crippen molar-refractivity contribution in [3.8, 4) is 0 Å². The number of anilines is 1. The predicted octanol–water partition coefficient (Wildman–Crippen LogP) is 4.38. The summed E-state index contributed by atoms with van der Waals surface area (Å²) in [6.45, 7) is 3.38. The Balaban J connectivity index is 1.25. The van der Waals surface area contributed by atoms with Crippen molar-refractivity contribution >= 4 is 39.3 Å². The summed E-state index contributed by atoms with van der Waals surface area (Å²) < 4.78 is 12.5. The van der Waals surface area contributed by atoms with Crippen molar-refractivity contribution in [1.82, 2.24) is 4.90 Å². The lowest BCUT2D eigenvalue weighted by atomic mass is 10.0. The Morgan fingerprint density at radius 2 is 1.57 bits per heavy atom. The summed E-state index contributed by atoms with van der Waals surface area (Å²) >= 11 is 5.14. The van der Waals surface area contributed by atoms with E-state index in [4.69, 9.17) is 9.47 Å². The first-order valence-electron chi connectivity index (χ1n) is 9.44. The summed E-state index contributed by atoms with van der Waals surface area (Å²) in [6.07, 6.45) is 1.64. The van der Waals surface area contributed by atoms with Gasteiger partial charge in [-0.3, -0.25) is 9.69 Å². The highest BCUT2D eigenvalue weighted by Crippen LogP contribution is 2.31. The number of amides is 1. The minimum atomic E-state index is -0.394. The van der Waals surface area contributed by atoms with Crippen LogP contribution in [-0.2, 0) is 14.3 Å². The number of nitrogens with zero attached hydrogens (tertiary/aromatic N) is 1. The lowest BCUT2D eigenvalue weighted by Crippen LogP contribution is -2.47. The number of carbonyl (C=O) groups excluding carboxylic acids is 1. The summed E-state index contributed by atoms with van der Waals surface area (Å²) in [4.78, 5) is 16.8. The molecule has 0 atom stereocenters. The molecule has 2 saturated heterocycles. The molecule has 0 bridgehead atoms. The zero-order valence-corrected chi connectivity index (χ0v) is 17.9. The summed E-state index contributed by atoms with van der Waals surface area (Å²) in [5.74, 6) is -0.382. The summed E-state index contributed by atoms with van der Waals surface area (Å²) in [5.41, 5.74) is 0.820. The summed E-state index contributed by atoms with van der Waals surface area (Å²) in [5, 5.41) is 2.99. The molecule has 0 aliphatic carbocycles. The molecule has 0 radical (unpaired) electrons. The first-order chi connectivity index (χ1) is 13.6. The second-order valence-corrected chi connectivity index (χ2v) is 9.07. The van der Waals surface area contributed by atoms with Crippen LogP contribution in [0.3, 0.4) is 0 Å². The molecule has 2 fully saturated rings. The van der Waals surface area contributed by atoms with Gasteiger partial charge < -0.3 is 14.8 Å². The van der Waals surface area contributed by atoms with Gasteiger partial charge in [-0.15, -0.1) is 0 Å². The molecule has 148 valence electrons. The maximum absolute atomic E-state index is 12.4. The predicted molar refractivity (Wildman–Crippen MR) is 114 cm³/mol. The van der Waals surface area contributed by atoms with Gasteiger partial charge in [-0.1, -0.05) is 27.7 Å². The van der Waals surface area contributed by atoms with Crippen LogP contribution in [0, 0.1) is 0 Å². The number of rotatable bonds is 5. The van der Waals surface area contributed by atoms with E-state index < -0.39 is 5.79 Å². The van der Waals surface area contributed by atoms with Crippen LogP contribution in [0.25, 0.3) is 0 Å². The molecule has 2 aliphatic heterocycles. The van der Waals surface area contributed by atoms with Gasteiger partial charge in [0.2, 0.25) is 5.91 Å². The van der Waals surface area contributed by atoms with E-state index in [1.165, 1.54) is 4.90 Å². The van der Waals surface area contributed by atoms with Crippen LogP contribution in [0.1, 0.15) is 12.8 Å². The van der Waals surface area contributed by atoms with Gasteiger partial charge in [0.25, 0.3) is 0 Å². The number of halogens is 1. The number of nitrogens with one attached hydrogen (secondary N) is 1. The van der Waals surface area contributed by atoms with Gasteiger partial charge >= 0.3 is 0 Å². The van der Waals surface area contributed by atoms with Gasteiger partial charge in [-0.2, -0.15) is 0 Å². The van der Waals surface area contributed by atoms with E-state index >= 15 is 0 Å². The van der Waals surface area contributed by atoms with Gasteiger partial charge in [-0.05, 0) is 48.5 Å². The lowest BCUT2D eigenvalue weighted by Gasteiger charge is -2.37. The van der Waals surface area contributed by atoms with E-state index in [1.807, 2.05) is 36.4 Å². The zero-order valence-electron chi connectivity index (χ0n) is 15.5. The van der Waals surface area contributed by atoms with E-state index in [9.17, 15) is 4.79 Å². The fraction of sp³-hybridized carbons (Fsp3) is 0.381. The van der Waals surface area contributed by atoms with Crippen molar-refractivity contribution in [2.75, 3.05) is 38.2 Å². The van der Waals surface area contributed by atoms with Gasteiger partial charge in [0.15, 0.2) is 5.79 Å². The monoisotopic (exact) mass is 462 g/mol. The number of likely N-dealkylation sites (tertiary alicyclic amines) is 1. The van der Waals surface area contributed by atoms with E-state index in [1.54, 1.807) is 11.8 Å². The highest BCUT2D eigenvalue weighted by atomic mass is 79.9. The smallest absolute Gasteiger partial charge is 0.238 e. The van der Waals surface area contributed by atoms with Crippen LogP contribution in [0.15, 0.2) is 62.8 Å². The zero-order chi connectivity index (χ0) is 19.4. The minimum absolute atomic E-state index is 0.0116. The Labute approximate surface area is 177 Å². The first kappa shape index (κ1) is 19.9. The fourth-order valence-corrected chi connectivity index (χ4v) is 4.57. The molecule has 2 heterocycles. The molecule has 0 aromatic heterocycles.